The van der Waals surface area contributed by atoms with Crippen molar-refractivity contribution in [1.29, 1.82) is 0 Å². The molecule has 1 aliphatic carbocycles. The number of nitro groups is 1. The molecular formula is C25H21N3O7. The maximum absolute atomic E-state index is 13.2. The van der Waals surface area contributed by atoms with E-state index >= 15 is 0 Å². The Kier molecular flexibility index (Phi) is 5.92. The Hall–Kier alpha value is -4.60. The number of ether oxygens (including phenoxy) is 1. The third-order valence-electron chi connectivity index (χ3n) is 5.92. The fraction of sp³-hybridized carbons (Fsp3) is 0.200. The van der Waals surface area contributed by atoms with Gasteiger partial charge in [0.1, 0.15) is 17.6 Å². The largest absolute Gasteiger partial charge is 0.467 e. The molecule has 35 heavy (non-hydrogen) atoms. The second-order valence-corrected chi connectivity index (χ2v) is 8.12. The number of allylic oxidation sites excluding steroid dienone is 1. The fourth-order valence-corrected chi connectivity index (χ4v) is 4.35. The smallest absolute Gasteiger partial charge is 0.338 e. The Morgan fingerprint density at radius 3 is 2.71 bits per heavy atom. The summed E-state index contributed by atoms with van der Waals surface area (Å²) in [7, 11) is 0. The summed E-state index contributed by atoms with van der Waals surface area (Å²) in [6.07, 6.45) is 7.55. The summed E-state index contributed by atoms with van der Waals surface area (Å²) < 4.78 is 16.3. The number of esters is 1. The van der Waals surface area contributed by atoms with Crippen LogP contribution in [-0.4, -0.2) is 28.4 Å². The fourth-order valence-electron chi connectivity index (χ4n) is 4.35. The molecule has 2 aliphatic rings. The molecule has 0 fully saturated rings. The van der Waals surface area contributed by atoms with E-state index in [9.17, 15) is 19.7 Å². The highest BCUT2D eigenvalue weighted by Gasteiger charge is 2.41. The van der Waals surface area contributed by atoms with E-state index in [1.54, 1.807) is 24.7 Å². The van der Waals surface area contributed by atoms with E-state index < -0.39 is 29.4 Å². The monoisotopic (exact) mass is 475 g/mol. The molecule has 1 aliphatic heterocycles. The van der Waals surface area contributed by atoms with Crippen LogP contribution in [0.4, 0.5) is 5.69 Å². The molecule has 10 nitrogen and oxygen atoms in total. The number of nitro benzene ring substituents is 1. The molecule has 1 amide bonds. The van der Waals surface area contributed by atoms with Crippen LogP contribution in [0.5, 0.6) is 0 Å². The molecule has 1 aromatic carbocycles. The Bertz CT molecular complexity index is 1320. The molecule has 0 saturated carbocycles. The highest BCUT2D eigenvalue weighted by molar-refractivity contribution is 5.92. The minimum atomic E-state index is -0.827. The van der Waals surface area contributed by atoms with Crippen molar-refractivity contribution in [3.8, 4) is 0 Å². The zero-order chi connectivity index (χ0) is 24.4. The van der Waals surface area contributed by atoms with E-state index in [1.807, 2.05) is 18.2 Å². The minimum absolute atomic E-state index is 0.00921. The van der Waals surface area contributed by atoms with E-state index in [1.165, 1.54) is 23.2 Å². The number of hydrazine groups is 1. The first kappa shape index (κ1) is 22.2. The molecule has 0 saturated heterocycles. The van der Waals surface area contributed by atoms with E-state index in [4.69, 9.17) is 13.6 Å². The third kappa shape index (κ3) is 4.45. The number of nitrogens with zero attached hydrogens (tertiary/aromatic N) is 2. The molecule has 0 radical (unpaired) electrons. The van der Waals surface area contributed by atoms with Crippen LogP contribution in [0.2, 0.25) is 0 Å². The number of hydrogen-bond donors (Lipinski definition) is 1. The van der Waals surface area contributed by atoms with Crippen molar-refractivity contribution in [1.82, 2.24) is 10.4 Å². The molecule has 3 aromatic rings. The summed E-state index contributed by atoms with van der Waals surface area (Å²) in [4.78, 5) is 36.0. The van der Waals surface area contributed by atoms with Crippen LogP contribution in [0.15, 0.2) is 86.7 Å². The van der Waals surface area contributed by atoms with Gasteiger partial charge in [-0.3, -0.25) is 20.3 Å². The van der Waals surface area contributed by atoms with Gasteiger partial charge in [0.2, 0.25) is 0 Å². The van der Waals surface area contributed by atoms with Crippen LogP contribution >= 0.6 is 0 Å². The Morgan fingerprint density at radius 2 is 1.97 bits per heavy atom. The number of amides is 1. The predicted molar refractivity (Wildman–Crippen MR) is 122 cm³/mol. The van der Waals surface area contributed by atoms with Crippen LogP contribution in [0.25, 0.3) is 6.08 Å². The Labute approximate surface area is 199 Å². The van der Waals surface area contributed by atoms with Crippen molar-refractivity contribution in [3.05, 3.63) is 105 Å². The van der Waals surface area contributed by atoms with Crippen molar-refractivity contribution in [2.24, 2.45) is 0 Å². The number of nitrogens with one attached hydrogen (secondary N) is 1. The van der Waals surface area contributed by atoms with Gasteiger partial charge < -0.3 is 13.6 Å². The summed E-state index contributed by atoms with van der Waals surface area (Å²) in [6, 6.07) is 11.9. The number of furan rings is 2. The van der Waals surface area contributed by atoms with Crippen LogP contribution in [0.3, 0.4) is 0 Å². The number of benzene rings is 1. The average molecular weight is 475 g/mol. The van der Waals surface area contributed by atoms with E-state index in [0.717, 1.165) is 42.2 Å². The first-order chi connectivity index (χ1) is 17.0. The first-order valence-corrected chi connectivity index (χ1v) is 11.0. The van der Waals surface area contributed by atoms with Crippen molar-refractivity contribution in [2.45, 2.75) is 25.3 Å². The van der Waals surface area contributed by atoms with Gasteiger partial charge in [0, 0.05) is 12.1 Å². The molecule has 178 valence electrons. The number of rotatable bonds is 6. The quantitative estimate of drug-likeness (QED) is 0.312. The summed E-state index contributed by atoms with van der Waals surface area (Å²) in [5, 5.41) is 12.4. The molecule has 0 unspecified atom stereocenters. The van der Waals surface area contributed by atoms with E-state index in [-0.39, 0.29) is 11.3 Å². The van der Waals surface area contributed by atoms with Gasteiger partial charge in [0.05, 0.1) is 28.7 Å². The lowest BCUT2D eigenvalue weighted by molar-refractivity contribution is -0.384. The zero-order valence-electron chi connectivity index (χ0n) is 18.5. The van der Waals surface area contributed by atoms with Crippen LogP contribution in [-0.2, 0) is 9.53 Å². The SMILES string of the molecule is O=C(OCC(=O)N1NC2=C(CCC/C2=C\c2ccco2)[C@@H]1c1ccco1)c1cccc([N+](=O)[O-])c1. The summed E-state index contributed by atoms with van der Waals surface area (Å²) >= 11 is 0. The van der Waals surface area contributed by atoms with Gasteiger partial charge in [-0.1, -0.05) is 6.07 Å². The maximum Gasteiger partial charge on any atom is 0.338 e. The third-order valence-corrected chi connectivity index (χ3v) is 5.92. The van der Waals surface area contributed by atoms with Gasteiger partial charge >= 0.3 is 5.97 Å². The molecule has 0 bridgehead atoms. The summed E-state index contributed by atoms with van der Waals surface area (Å²) in [5.41, 5.74) is 5.78. The van der Waals surface area contributed by atoms with Gasteiger partial charge in [-0.15, -0.1) is 0 Å². The molecule has 10 heteroatoms. The molecule has 2 aromatic heterocycles. The van der Waals surface area contributed by atoms with Crippen molar-refractivity contribution >= 4 is 23.6 Å². The summed E-state index contributed by atoms with van der Waals surface area (Å²) in [5.74, 6) is -0.0234. The molecule has 1 atom stereocenters. The number of carbonyl (C=O) groups is 2. The van der Waals surface area contributed by atoms with E-state index in [0.29, 0.717) is 11.5 Å². The van der Waals surface area contributed by atoms with Crippen LogP contribution in [0, 0.1) is 10.1 Å². The topological polar surface area (TPSA) is 128 Å². The second kappa shape index (κ2) is 9.34. The first-order valence-electron chi connectivity index (χ1n) is 11.0. The lowest BCUT2D eigenvalue weighted by Gasteiger charge is -2.24. The predicted octanol–water partition coefficient (Wildman–Crippen LogP) is 4.55. The van der Waals surface area contributed by atoms with Crippen molar-refractivity contribution < 1.29 is 28.1 Å². The van der Waals surface area contributed by atoms with Gasteiger partial charge in [-0.2, -0.15) is 0 Å². The molecule has 5 rings (SSSR count). The van der Waals surface area contributed by atoms with Crippen molar-refractivity contribution in [3.63, 3.8) is 0 Å². The van der Waals surface area contributed by atoms with Gasteiger partial charge in [0.15, 0.2) is 6.61 Å². The Balaban J connectivity index is 1.36. The van der Waals surface area contributed by atoms with Gasteiger partial charge in [-0.25, -0.2) is 9.80 Å². The molecule has 0 spiro atoms. The van der Waals surface area contributed by atoms with Gasteiger partial charge in [0.25, 0.3) is 11.6 Å². The standard InChI is InChI=1S/C25H21N3O7/c29-22(15-35-25(30)17-6-1-7-18(13-17)28(31)32)27-24(21-10-4-12-34-21)20-9-2-5-16(23(20)26-27)14-19-8-3-11-33-19/h1,3-4,6-8,10-14,24,26H,2,5,9,15H2/b16-14+/t24-/m1/s1. The maximum atomic E-state index is 13.2. The number of carbonyl (C=O) groups excluding carboxylic acids is 2. The number of hydrogen-bond acceptors (Lipinski definition) is 8. The van der Waals surface area contributed by atoms with Crippen molar-refractivity contribution in [2.75, 3.05) is 6.61 Å². The molecular weight excluding hydrogens is 454 g/mol. The van der Waals surface area contributed by atoms with E-state index in [2.05, 4.69) is 5.43 Å². The highest BCUT2D eigenvalue weighted by Crippen LogP contribution is 2.44. The Morgan fingerprint density at radius 1 is 1.14 bits per heavy atom. The second-order valence-electron chi connectivity index (χ2n) is 8.12. The lowest BCUT2D eigenvalue weighted by atomic mass is 9.88. The number of non-ortho nitro benzene ring substituents is 1. The molecule has 3 heterocycles. The van der Waals surface area contributed by atoms with Gasteiger partial charge in [-0.05, 0) is 66.8 Å². The minimum Gasteiger partial charge on any atom is -0.467 e. The zero-order valence-corrected chi connectivity index (χ0v) is 18.5. The average Bonchev–Trinajstić information content (AvgIpc) is 3.63. The van der Waals surface area contributed by atoms with Crippen LogP contribution < -0.4 is 5.43 Å². The highest BCUT2D eigenvalue weighted by atomic mass is 16.6. The molecule has 1 N–H and O–H groups in total. The lowest BCUT2D eigenvalue weighted by Crippen LogP contribution is -2.42. The summed E-state index contributed by atoms with van der Waals surface area (Å²) in [6.45, 7) is -0.552. The normalized spacial score (nSPS) is 18.3. The van der Waals surface area contributed by atoms with Crippen LogP contribution in [0.1, 0.15) is 47.2 Å².